The third-order valence-corrected chi connectivity index (χ3v) is 5.50. The van der Waals surface area contributed by atoms with E-state index < -0.39 is 0 Å². The number of imidazole rings is 1. The molecule has 0 atom stereocenters. The molecule has 0 aromatic carbocycles. The number of aromatic nitrogens is 4. The molecule has 0 amide bonds. The van der Waals surface area contributed by atoms with E-state index >= 15 is 0 Å². The Morgan fingerprint density at radius 2 is 2.16 bits per heavy atom. The molecule has 3 N–H and O–H groups in total. The Hall–Kier alpha value is -2.13. The summed E-state index contributed by atoms with van der Waals surface area (Å²) in [6.07, 6.45) is 5.55. The van der Waals surface area contributed by atoms with Gasteiger partial charge in [0, 0.05) is 38.1 Å². The van der Waals surface area contributed by atoms with Crippen LogP contribution in [0.25, 0.3) is 0 Å². The molecule has 1 aliphatic heterocycles. The fourth-order valence-corrected chi connectivity index (χ4v) is 3.55. The van der Waals surface area contributed by atoms with Gasteiger partial charge < -0.3 is 15.2 Å². The number of aryl methyl sites for hydroxylation is 1. The van der Waals surface area contributed by atoms with Crippen LogP contribution in [-0.4, -0.2) is 55.8 Å². The Bertz CT molecular complexity index is 778. The predicted molar refractivity (Wildman–Crippen MR) is 101 cm³/mol. The van der Waals surface area contributed by atoms with Gasteiger partial charge in [0.15, 0.2) is 16.0 Å². The van der Waals surface area contributed by atoms with E-state index in [2.05, 4.69) is 43.7 Å². The van der Waals surface area contributed by atoms with Crippen molar-refractivity contribution in [3.8, 4) is 0 Å². The van der Waals surface area contributed by atoms with Crippen LogP contribution in [0.1, 0.15) is 26.7 Å². The van der Waals surface area contributed by atoms with Crippen LogP contribution in [0.15, 0.2) is 32.6 Å². The number of hydrogen-bond donors (Lipinski definition) is 2. The van der Waals surface area contributed by atoms with E-state index in [9.17, 15) is 0 Å². The van der Waals surface area contributed by atoms with Crippen molar-refractivity contribution in [1.82, 2.24) is 24.6 Å². The molecule has 2 aromatic rings. The van der Waals surface area contributed by atoms with Gasteiger partial charge in [-0.2, -0.15) is 5.10 Å². The molecule has 0 radical (unpaired) electrons. The minimum Gasteiger partial charge on any atom is -0.360 e. The first-order chi connectivity index (χ1) is 11.9. The van der Waals surface area contributed by atoms with Crippen molar-refractivity contribution in [1.29, 1.82) is 0 Å². The second-order valence-corrected chi connectivity index (χ2v) is 7.56. The van der Waals surface area contributed by atoms with Crippen molar-refractivity contribution in [3.05, 3.63) is 12.4 Å². The van der Waals surface area contributed by atoms with Gasteiger partial charge in [0.1, 0.15) is 11.5 Å². The molecule has 0 aliphatic carbocycles. The summed E-state index contributed by atoms with van der Waals surface area (Å²) in [5, 5.41) is 8.84. The largest absolute Gasteiger partial charge is 0.360 e. The summed E-state index contributed by atoms with van der Waals surface area (Å²) in [4.78, 5) is 15.3. The molecule has 25 heavy (non-hydrogen) atoms. The van der Waals surface area contributed by atoms with Gasteiger partial charge in [-0.15, -0.1) is 0 Å². The summed E-state index contributed by atoms with van der Waals surface area (Å²) in [5.41, 5.74) is 6.77. The maximum absolute atomic E-state index is 6.20. The summed E-state index contributed by atoms with van der Waals surface area (Å²) in [7, 11) is 1.94. The lowest BCUT2D eigenvalue weighted by molar-refractivity contribution is 0.244. The molecule has 0 unspecified atom stereocenters. The van der Waals surface area contributed by atoms with Crippen molar-refractivity contribution >= 4 is 35.8 Å². The fourth-order valence-electron chi connectivity index (χ4n) is 2.71. The van der Waals surface area contributed by atoms with Gasteiger partial charge in [0.2, 0.25) is 0 Å². The van der Waals surface area contributed by atoms with E-state index in [1.807, 2.05) is 24.7 Å². The molecule has 1 fully saturated rings. The normalized spacial score (nSPS) is 17.8. The summed E-state index contributed by atoms with van der Waals surface area (Å²) >= 11 is 1.43. The number of aromatic amines is 1. The van der Waals surface area contributed by atoms with E-state index in [0.29, 0.717) is 16.5 Å². The molecule has 1 saturated heterocycles. The maximum Gasteiger partial charge on any atom is 0.177 e. The number of nitrogens with two attached hydrogens (primary N) is 1. The van der Waals surface area contributed by atoms with Gasteiger partial charge in [-0.05, 0) is 45.2 Å². The predicted octanol–water partition coefficient (Wildman–Crippen LogP) is 2.49. The molecule has 1 aliphatic rings. The molecule has 9 heteroatoms. The number of hydrogen-bond acceptors (Lipinski definition) is 6. The van der Waals surface area contributed by atoms with Crippen molar-refractivity contribution in [3.63, 3.8) is 0 Å². The summed E-state index contributed by atoms with van der Waals surface area (Å²) in [5.74, 6) is 1.54. The van der Waals surface area contributed by atoms with E-state index in [4.69, 9.17) is 5.73 Å². The number of likely N-dealkylation sites (tertiary alicyclic amines) is 1. The van der Waals surface area contributed by atoms with E-state index in [0.717, 1.165) is 36.9 Å². The van der Waals surface area contributed by atoms with Crippen LogP contribution < -0.4 is 5.73 Å². The van der Waals surface area contributed by atoms with Gasteiger partial charge in [-0.3, -0.25) is 10.1 Å². The molecule has 3 heterocycles. The molecule has 0 saturated carbocycles. The standard InChI is InChI=1S/C16H24N8S/c1-11(24-8-5-16(2,17)6-9-24)20-13-12(18-3)14(22-21-13)25-15-19-7-10-23(15)4/h7,10H,3,5-6,8-9,17H2,1-2,4H3,(H,21,22). The molecule has 8 nitrogen and oxygen atoms in total. The molecular formula is C16H24N8S. The zero-order valence-electron chi connectivity index (χ0n) is 14.9. The Labute approximate surface area is 151 Å². The number of rotatable bonds is 4. The van der Waals surface area contributed by atoms with Crippen molar-refractivity contribution in [2.45, 2.75) is 42.4 Å². The smallest absolute Gasteiger partial charge is 0.177 e. The second-order valence-electron chi connectivity index (χ2n) is 6.61. The average molecular weight is 360 g/mol. The summed E-state index contributed by atoms with van der Waals surface area (Å²) in [6, 6.07) is 0. The highest BCUT2D eigenvalue weighted by Crippen LogP contribution is 2.38. The Balaban J connectivity index is 1.78. The zero-order valence-corrected chi connectivity index (χ0v) is 15.7. The Kier molecular flexibility index (Phi) is 4.96. The topological polar surface area (TPSA) is 100 Å². The van der Waals surface area contributed by atoms with Gasteiger partial charge in [0.25, 0.3) is 0 Å². The van der Waals surface area contributed by atoms with Crippen LogP contribution >= 0.6 is 11.8 Å². The molecule has 0 bridgehead atoms. The number of H-pyrrole nitrogens is 1. The third kappa shape index (κ3) is 3.93. The van der Waals surface area contributed by atoms with Gasteiger partial charge >= 0.3 is 0 Å². The molecule has 2 aromatic heterocycles. The highest BCUT2D eigenvalue weighted by Gasteiger charge is 2.26. The maximum atomic E-state index is 6.20. The van der Waals surface area contributed by atoms with Crippen molar-refractivity contribution in [2.75, 3.05) is 13.1 Å². The van der Waals surface area contributed by atoms with Crippen LogP contribution in [0.4, 0.5) is 11.5 Å². The summed E-state index contributed by atoms with van der Waals surface area (Å²) < 4.78 is 1.93. The number of amidine groups is 1. The van der Waals surface area contributed by atoms with Crippen LogP contribution in [0.2, 0.25) is 0 Å². The lowest BCUT2D eigenvalue weighted by Crippen LogP contribution is -2.49. The van der Waals surface area contributed by atoms with Gasteiger partial charge in [-0.1, -0.05) is 0 Å². The highest BCUT2D eigenvalue weighted by atomic mass is 32.2. The first-order valence-electron chi connectivity index (χ1n) is 8.19. The number of nitrogens with zero attached hydrogens (tertiary/aromatic N) is 6. The SMILES string of the molecule is C=Nc1c(Sc2nccn2C)n[nH]c1N=C(C)N1CCC(C)(N)CC1. The molecule has 0 spiro atoms. The van der Waals surface area contributed by atoms with Crippen LogP contribution in [0.3, 0.4) is 0 Å². The number of piperidine rings is 1. The zero-order chi connectivity index (χ0) is 18.0. The second kappa shape index (κ2) is 7.01. The molecule has 134 valence electrons. The van der Waals surface area contributed by atoms with Crippen LogP contribution in [0, 0.1) is 0 Å². The number of nitrogens with one attached hydrogen (secondary N) is 1. The van der Waals surface area contributed by atoms with Crippen molar-refractivity contribution < 1.29 is 0 Å². The van der Waals surface area contributed by atoms with Crippen LogP contribution in [0.5, 0.6) is 0 Å². The van der Waals surface area contributed by atoms with Crippen molar-refractivity contribution in [2.24, 2.45) is 22.8 Å². The minimum atomic E-state index is -0.0789. The van der Waals surface area contributed by atoms with Crippen LogP contribution in [-0.2, 0) is 7.05 Å². The van der Waals surface area contributed by atoms with E-state index in [1.54, 1.807) is 6.20 Å². The first-order valence-corrected chi connectivity index (χ1v) is 9.01. The Morgan fingerprint density at radius 3 is 2.76 bits per heavy atom. The van der Waals surface area contributed by atoms with Gasteiger partial charge in [0.05, 0.1) is 0 Å². The fraction of sp³-hybridized carbons (Fsp3) is 0.500. The Morgan fingerprint density at radius 1 is 1.44 bits per heavy atom. The number of aliphatic imine (C=N–C) groups is 2. The quantitative estimate of drug-likeness (QED) is 0.644. The van der Waals surface area contributed by atoms with Gasteiger partial charge in [-0.25, -0.2) is 9.98 Å². The highest BCUT2D eigenvalue weighted by molar-refractivity contribution is 7.99. The lowest BCUT2D eigenvalue weighted by atomic mass is 9.91. The molecular weight excluding hydrogens is 336 g/mol. The average Bonchev–Trinajstić information content (AvgIpc) is 3.14. The minimum absolute atomic E-state index is 0.0789. The van der Waals surface area contributed by atoms with E-state index in [1.165, 1.54) is 11.8 Å². The lowest BCUT2D eigenvalue weighted by Gasteiger charge is -2.37. The molecule has 3 rings (SSSR count). The van der Waals surface area contributed by atoms with E-state index in [-0.39, 0.29) is 5.54 Å². The third-order valence-electron chi connectivity index (χ3n) is 4.45. The monoisotopic (exact) mass is 360 g/mol. The first kappa shape index (κ1) is 17.7. The summed E-state index contributed by atoms with van der Waals surface area (Å²) in [6.45, 7) is 9.58.